The van der Waals surface area contributed by atoms with E-state index in [4.69, 9.17) is 23.2 Å². The molecule has 0 bridgehead atoms. The van der Waals surface area contributed by atoms with E-state index in [0.29, 0.717) is 21.3 Å². The van der Waals surface area contributed by atoms with E-state index in [1.807, 2.05) is 13.8 Å². The average Bonchev–Trinajstić information content (AvgIpc) is 2.74. The van der Waals surface area contributed by atoms with E-state index in [2.05, 4.69) is 10.5 Å². The van der Waals surface area contributed by atoms with E-state index < -0.39 is 22.5 Å². The number of benzene rings is 3. The lowest BCUT2D eigenvalue weighted by Crippen LogP contribution is -2.39. The first-order valence-corrected chi connectivity index (χ1v) is 11.8. The van der Waals surface area contributed by atoms with Gasteiger partial charge in [-0.25, -0.2) is 13.8 Å². The van der Waals surface area contributed by atoms with Crippen LogP contribution < -0.4 is 9.73 Å². The van der Waals surface area contributed by atoms with E-state index in [0.717, 1.165) is 15.4 Å². The number of sulfonamides is 1. The summed E-state index contributed by atoms with van der Waals surface area (Å²) in [5.41, 5.74) is 5.17. The van der Waals surface area contributed by atoms with Gasteiger partial charge in [0.05, 0.1) is 21.8 Å². The Morgan fingerprint density at radius 3 is 2.16 bits per heavy atom. The van der Waals surface area contributed by atoms with Crippen LogP contribution in [-0.2, 0) is 14.8 Å². The number of carbonyl (C=O) groups excluding carboxylic acids is 1. The zero-order valence-corrected chi connectivity index (χ0v) is 19.7. The summed E-state index contributed by atoms with van der Waals surface area (Å²) in [6.07, 6.45) is 1.36. The fourth-order valence-electron chi connectivity index (χ4n) is 2.81. The van der Waals surface area contributed by atoms with Gasteiger partial charge in [0.25, 0.3) is 15.9 Å². The van der Waals surface area contributed by atoms with Gasteiger partial charge in [-0.15, -0.1) is 0 Å². The van der Waals surface area contributed by atoms with E-state index in [1.54, 1.807) is 54.6 Å². The number of hydrogen-bond donors (Lipinski definition) is 1. The third kappa shape index (κ3) is 5.88. The molecule has 1 N–H and O–H groups in total. The Balaban J connectivity index is 1.83. The zero-order chi connectivity index (χ0) is 23.3. The summed E-state index contributed by atoms with van der Waals surface area (Å²) in [6.45, 7) is 3.31. The molecule has 6 nitrogen and oxygen atoms in total. The molecule has 0 aliphatic rings. The minimum absolute atomic E-state index is 0.0907. The molecule has 0 aromatic heterocycles. The Morgan fingerprint density at radius 2 is 1.56 bits per heavy atom. The van der Waals surface area contributed by atoms with Gasteiger partial charge in [0.15, 0.2) is 0 Å². The molecule has 0 aliphatic carbocycles. The minimum Gasteiger partial charge on any atom is -0.271 e. The summed E-state index contributed by atoms with van der Waals surface area (Å²) in [6, 6.07) is 18.2. The highest BCUT2D eigenvalue weighted by Gasteiger charge is 2.27. The first-order chi connectivity index (χ1) is 15.2. The molecular formula is C23H21Cl2N3O3S. The van der Waals surface area contributed by atoms with Gasteiger partial charge in [-0.3, -0.25) is 9.10 Å². The predicted octanol–water partition coefficient (Wildman–Crippen LogP) is 4.96. The second-order valence-corrected chi connectivity index (χ2v) is 9.83. The van der Waals surface area contributed by atoms with Gasteiger partial charge in [-0.05, 0) is 50.2 Å². The van der Waals surface area contributed by atoms with Crippen LogP contribution in [0.4, 0.5) is 5.69 Å². The standard InChI is InChI=1S/C23H21Cl2N3O3S/c1-16-3-9-20(10-4-16)28(32(30,31)21-11-5-17(2)6-12-21)15-23(29)27-26-14-18-7-8-19(24)13-22(18)25/h3-14H,15H2,1-2H3,(H,27,29)/b26-14-. The molecule has 3 aromatic carbocycles. The molecule has 0 aliphatic heterocycles. The van der Waals surface area contributed by atoms with Crippen molar-refractivity contribution in [3.8, 4) is 0 Å². The van der Waals surface area contributed by atoms with Crippen molar-refractivity contribution in [1.29, 1.82) is 0 Å². The largest absolute Gasteiger partial charge is 0.271 e. The van der Waals surface area contributed by atoms with Crippen molar-refractivity contribution in [2.45, 2.75) is 18.7 Å². The normalized spacial score (nSPS) is 11.5. The molecule has 0 unspecified atom stereocenters. The maximum Gasteiger partial charge on any atom is 0.264 e. The topological polar surface area (TPSA) is 78.8 Å². The molecule has 0 heterocycles. The van der Waals surface area contributed by atoms with Crippen molar-refractivity contribution in [1.82, 2.24) is 5.43 Å². The Hall–Kier alpha value is -2.87. The summed E-state index contributed by atoms with van der Waals surface area (Å²) in [4.78, 5) is 12.7. The number of aryl methyl sites for hydroxylation is 2. The lowest BCUT2D eigenvalue weighted by atomic mass is 10.2. The van der Waals surface area contributed by atoms with Crippen LogP contribution in [0.5, 0.6) is 0 Å². The van der Waals surface area contributed by atoms with Crippen LogP contribution in [0.25, 0.3) is 0 Å². The molecule has 0 spiro atoms. The van der Waals surface area contributed by atoms with Gasteiger partial charge in [-0.2, -0.15) is 5.10 Å². The maximum atomic E-state index is 13.3. The van der Waals surface area contributed by atoms with E-state index in [9.17, 15) is 13.2 Å². The van der Waals surface area contributed by atoms with Gasteiger partial charge >= 0.3 is 0 Å². The Morgan fingerprint density at radius 1 is 0.969 bits per heavy atom. The third-order valence-electron chi connectivity index (χ3n) is 4.57. The van der Waals surface area contributed by atoms with E-state index in [1.165, 1.54) is 18.3 Å². The smallest absolute Gasteiger partial charge is 0.264 e. The molecule has 0 radical (unpaired) electrons. The highest BCUT2D eigenvalue weighted by molar-refractivity contribution is 7.92. The van der Waals surface area contributed by atoms with E-state index in [-0.39, 0.29) is 4.90 Å². The first kappa shape index (κ1) is 23.8. The van der Waals surface area contributed by atoms with Crippen LogP contribution in [-0.4, -0.2) is 27.1 Å². The monoisotopic (exact) mass is 489 g/mol. The number of hydrazone groups is 1. The van der Waals surface area contributed by atoms with Crippen LogP contribution in [0.1, 0.15) is 16.7 Å². The zero-order valence-electron chi connectivity index (χ0n) is 17.4. The highest BCUT2D eigenvalue weighted by Crippen LogP contribution is 2.24. The van der Waals surface area contributed by atoms with Crippen molar-refractivity contribution < 1.29 is 13.2 Å². The lowest BCUT2D eigenvalue weighted by molar-refractivity contribution is -0.119. The quantitative estimate of drug-likeness (QED) is 0.376. The average molecular weight is 490 g/mol. The highest BCUT2D eigenvalue weighted by atomic mass is 35.5. The summed E-state index contributed by atoms with van der Waals surface area (Å²) in [7, 11) is -3.98. The van der Waals surface area contributed by atoms with E-state index >= 15 is 0 Å². The summed E-state index contributed by atoms with van der Waals surface area (Å²) in [5, 5.41) is 4.74. The molecule has 1 amide bonds. The Kier molecular flexibility index (Phi) is 7.56. The third-order valence-corrected chi connectivity index (χ3v) is 6.92. The van der Waals surface area contributed by atoms with Crippen LogP contribution in [0.2, 0.25) is 10.0 Å². The number of anilines is 1. The molecule has 3 aromatic rings. The molecular weight excluding hydrogens is 469 g/mol. The van der Waals surface area contributed by atoms with Gasteiger partial charge in [0.1, 0.15) is 6.54 Å². The lowest BCUT2D eigenvalue weighted by Gasteiger charge is -2.24. The van der Waals surface area contributed by atoms with Gasteiger partial charge < -0.3 is 0 Å². The second kappa shape index (κ2) is 10.2. The summed E-state index contributed by atoms with van der Waals surface area (Å²) >= 11 is 12.0. The van der Waals surface area contributed by atoms with Gasteiger partial charge in [0, 0.05) is 10.6 Å². The summed E-state index contributed by atoms with van der Waals surface area (Å²) in [5.74, 6) is -0.609. The van der Waals surface area contributed by atoms with Crippen LogP contribution in [0, 0.1) is 13.8 Å². The van der Waals surface area contributed by atoms with Crippen LogP contribution >= 0.6 is 23.2 Å². The molecule has 166 valence electrons. The van der Waals surface area contributed by atoms with Crippen molar-refractivity contribution in [2.75, 3.05) is 10.8 Å². The second-order valence-electron chi connectivity index (χ2n) is 7.12. The molecule has 0 fully saturated rings. The number of hydrogen-bond acceptors (Lipinski definition) is 4. The number of nitrogens with one attached hydrogen (secondary N) is 1. The van der Waals surface area contributed by atoms with Gasteiger partial charge in [-0.1, -0.05) is 64.7 Å². The van der Waals surface area contributed by atoms with Crippen molar-refractivity contribution in [2.24, 2.45) is 5.10 Å². The minimum atomic E-state index is -3.98. The van der Waals surface area contributed by atoms with Gasteiger partial charge in [0.2, 0.25) is 0 Å². The molecule has 0 saturated carbocycles. The summed E-state index contributed by atoms with van der Waals surface area (Å²) < 4.78 is 27.7. The Bertz CT molecular complexity index is 1240. The number of rotatable bonds is 7. The first-order valence-electron chi connectivity index (χ1n) is 9.60. The van der Waals surface area contributed by atoms with Crippen molar-refractivity contribution in [3.05, 3.63) is 93.5 Å². The Labute approximate surface area is 197 Å². The molecule has 3 rings (SSSR count). The number of amides is 1. The predicted molar refractivity (Wildman–Crippen MR) is 129 cm³/mol. The van der Waals surface area contributed by atoms with Crippen LogP contribution in [0.15, 0.2) is 76.7 Å². The molecule has 0 saturated heterocycles. The SMILES string of the molecule is Cc1ccc(N(CC(=O)N/N=C\c2ccc(Cl)cc2Cl)S(=O)(=O)c2ccc(C)cc2)cc1. The number of nitrogens with zero attached hydrogens (tertiary/aromatic N) is 2. The molecule has 9 heteroatoms. The number of carbonyl (C=O) groups is 1. The maximum absolute atomic E-state index is 13.3. The number of halogens is 2. The van der Waals surface area contributed by atoms with Crippen molar-refractivity contribution in [3.63, 3.8) is 0 Å². The van der Waals surface area contributed by atoms with Crippen LogP contribution in [0.3, 0.4) is 0 Å². The molecule has 0 atom stereocenters. The fraction of sp³-hybridized carbons (Fsp3) is 0.130. The fourth-order valence-corrected chi connectivity index (χ4v) is 4.69. The van der Waals surface area contributed by atoms with Crippen molar-refractivity contribution >= 4 is 51.0 Å². The molecule has 32 heavy (non-hydrogen) atoms.